The van der Waals surface area contributed by atoms with Crippen LogP contribution >= 0.6 is 8.20 Å². The molecular weight excluding hydrogens is 285 g/mol. The predicted octanol–water partition coefficient (Wildman–Crippen LogP) is 4.18. The van der Waals surface area contributed by atoms with Gasteiger partial charge in [-0.15, -0.1) is 48.1 Å². The number of nitrogens with zero attached hydrogens (tertiary/aromatic N) is 1. The average molecular weight is 308 g/mol. The van der Waals surface area contributed by atoms with E-state index < -0.39 is 0 Å². The molecule has 0 heterocycles. The highest BCUT2D eigenvalue weighted by atomic mass is 31.1. The predicted molar refractivity (Wildman–Crippen MR) is 99.0 cm³/mol. The molecule has 1 nitrogen and oxygen atoms in total. The largest absolute Gasteiger partial charge is 0.306 e. The van der Waals surface area contributed by atoms with Gasteiger partial charge < -0.3 is 4.90 Å². The van der Waals surface area contributed by atoms with E-state index in [1.165, 1.54) is 21.4 Å². The van der Waals surface area contributed by atoms with Crippen LogP contribution in [0.4, 0.5) is 0 Å². The van der Waals surface area contributed by atoms with Crippen LogP contribution in [0, 0.1) is 10.9 Å². The molecule has 0 fully saturated rings. The van der Waals surface area contributed by atoms with Crippen molar-refractivity contribution in [3.05, 3.63) is 77.3 Å². The van der Waals surface area contributed by atoms with E-state index in [4.69, 9.17) is 0 Å². The molecule has 0 spiro atoms. The summed E-state index contributed by atoms with van der Waals surface area (Å²) in [7, 11) is 5.04. The fourth-order valence-corrected chi connectivity index (χ4v) is 4.17. The van der Waals surface area contributed by atoms with Crippen molar-refractivity contribution >= 4 is 19.1 Å². The fourth-order valence-electron chi connectivity index (χ4n) is 2.96. The van der Waals surface area contributed by atoms with Gasteiger partial charge in [0.05, 0.1) is 4.94 Å². The average Bonchev–Trinajstić information content (AvgIpc) is 3.18. The van der Waals surface area contributed by atoms with Gasteiger partial charge in [0.2, 0.25) is 0 Å². The summed E-state index contributed by atoms with van der Waals surface area (Å²) >= 11 is 0. The molecule has 1 aliphatic carbocycles. The molecule has 0 radical (unpaired) electrons. The molecule has 0 saturated heterocycles. The third kappa shape index (κ3) is 3.06. The molecule has 2 aromatic rings. The normalized spacial score (nSPS) is 19.7. The van der Waals surface area contributed by atoms with Gasteiger partial charge in [0.1, 0.15) is 0 Å². The Morgan fingerprint density at radius 3 is 2.55 bits per heavy atom. The maximum atomic E-state index is 2.34. The van der Waals surface area contributed by atoms with Crippen molar-refractivity contribution in [1.29, 1.82) is 0 Å². The molecule has 2 heteroatoms. The molecule has 2 aromatic carbocycles. The number of benzene rings is 1. The molecule has 114 valence electrons. The zero-order valence-corrected chi connectivity index (χ0v) is 14.5. The molecule has 0 aromatic heterocycles. The molecule has 0 bridgehead atoms. The summed E-state index contributed by atoms with van der Waals surface area (Å²) in [6, 6.07) is 18.0. The maximum Gasteiger partial charge on any atom is 0.0624 e. The number of hydrogen-bond acceptors (Lipinski definition) is 1. The first-order valence-corrected chi connectivity index (χ1v) is 8.80. The van der Waals surface area contributed by atoms with E-state index in [2.05, 4.69) is 92.7 Å². The Labute approximate surface area is 134 Å². The van der Waals surface area contributed by atoms with Crippen molar-refractivity contribution in [2.75, 3.05) is 14.1 Å². The highest BCUT2D eigenvalue weighted by Gasteiger charge is 2.21. The third-order valence-electron chi connectivity index (χ3n) is 4.47. The van der Waals surface area contributed by atoms with Crippen LogP contribution in [0.15, 0.2) is 66.8 Å². The lowest BCUT2D eigenvalue weighted by Crippen LogP contribution is -2.31. The van der Waals surface area contributed by atoms with E-state index in [1.807, 2.05) is 0 Å². The van der Waals surface area contributed by atoms with E-state index in [-0.39, 0.29) is 0 Å². The molecule has 3 atom stereocenters. The quantitative estimate of drug-likeness (QED) is 0.605. The smallest absolute Gasteiger partial charge is 0.0624 e. The van der Waals surface area contributed by atoms with Crippen molar-refractivity contribution < 1.29 is 0 Å². The molecule has 0 amide bonds. The Morgan fingerprint density at radius 2 is 1.82 bits per heavy atom. The molecule has 3 rings (SSSR count). The molecule has 0 aliphatic heterocycles. The fraction of sp³-hybridized carbons (Fsp3) is 0.250. The van der Waals surface area contributed by atoms with Gasteiger partial charge >= 0.3 is 0 Å². The Hall–Kier alpha value is -1.69. The van der Waals surface area contributed by atoms with E-state index in [0.717, 1.165) is 8.20 Å². The first kappa shape index (κ1) is 15.2. The van der Waals surface area contributed by atoms with Crippen molar-refractivity contribution in [3.8, 4) is 0 Å². The summed E-state index contributed by atoms with van der Waals surface area (Å²) in [6.45, 7) is 2.30. The van der Waals surface area contributed by atoms with E-state index in [0.29, 0.717) is 12.0 Å². The Balaban J connectivity index is 2.03. The second kappa shape index (κ2) is 6.60. The van der Waals surface area contributed by atoms with Crippen LogP contribution in [0.1, 0.15) is 12.5 Å². The van der Waals surface area contributed by atoms with E-state index in [1.54, 1.807) is 0 Å². The van der Waals surface area contributed by atoms with Gasteiger partial charge in [0, 0.05) is 25.5 Å². The van der Waals surface area contributed by atoms with Crippen molar-refractivity contribution in [2.45, 2.75) is 13.0 Å². The topological polar surface area (TPSA) is 3.24 Å². The van der Waals surface area contributed by atoms with Crippen LogP contribution in [-0.2, 0) is 0 Å². The van der Waals surface area contributed by atoms with Crippen LogP contribution < -0.4 is 5.30 Å². The molecule has 1 aliphatic rings. The lowest BCUT2D eigenvalue weighted by molar-refractivity contribution is 0.287. The first-order chi connectivity index (χ1) is 10.7. The van der Waals surface area contributed by atoms with Gasteiger partial charge in [-0.05, 0) is 21.0 Å². The van der Waals surface area contributed by atoms with Crippen LogP contribution in [0.25, 0.3) is 5.57 Å². The lowest BCUT2D eigenvalue weighted by atomic mass is 9.89. The minimum atomic E-state index is 0.473. The van der Waals surface area contributed by atoms with Gasteiger partial charge in [0.25, 0.3) is 0 Å². The van der Waals surface area contributed by atoms with Crippen LogP contribution in [0.3, 0.4) is 0 Å². The van der Waals surface area contributed by atoms with E-state index >= 15 is 0 Å². The zero-order valence-electron chi connectivity index (χ0n) is 13.5. The maximum absolute atomic E-state index is 2.34. The summed E-state index contributed by atoms with van der Waals surface area (Å²) in [5.41, 5.74) is 2.86. The lowest BCUT2D eigenvalue weighted by Gasteiger charge is -2.29. The summed E-state index contributed by atoms with van der Waals surface area (Å²) in [5.74, 6) is 0.473. The Bertz CT molecular complexity index is 744. The Morgan fingerprint density at radius 1 is 1.09 bits per heavy atom. The minimum Gasteiger partial charge on any atom is -0.306 e. The minimum absolute atomic E-state index is 0.473. The summed E-state index contributed by atoms with van der Waals surface area (Å²) in [4.78, 5) is 3.75. The SMILES string of the molecule is C[C@H](C1C=CC=C1[c-]1ccccc1=[PH+][c-]1cccc1)N(C)C. The first-order valence-electron chi connectivity index (χ1n) is 7.80. The summed E-state index contributed by atoms with van der Waals surface area (Å²) < 4.78 is 0. The van der Waals surface area contributed by atoms with Crippen molar-refractivity contribution in [2.24, 2.45) is 5.92 Å². The molecule has 0 saturated carbocycles. The number of rotatable bonds is 4. The number of hydrogen-bond donors (Lipinski definition) is 0. The highest BCUT2D eigenvalue weighted by Crippen LogP contribution is 2.34. The second-order valence-electron chi connectivity index (χ2n) is 6.08. The monoisotopic (exact) mass is 308 g/mol. The van der Waals surface area contributed by atoms with Gasteiger partial charge in [-0.25, -0.2) is 12.1 Å². The van der Waals surface area contributed by atoms with E-state index in [9.17, 15) is 0 Å². The van der Waals surface area contributed by atoms with Gasteiger partial charge in [-0.2, -0.15) is 0 Å². The van der Waals surface area contributed by atoms with Crippen LogP contribution in [-0.4, -0.2) is 25.0 Å². The summed E-state index contributed by atoms with van der Waals surface area (Å²) in [5, 5.41) is 1.41. The zero-order chi connectivity index (χ0) is 15.5. The van der Waals surface area contributed by atoms with Gasteiger partial charge in [-0.3, -0.25) is 0 Å². The summed E-state index contributed by atoms with van der Waals surface area (Å²) in [6.07, 6.45) is 6.84. The van der Waals surface area contributed by atoms with Crippen molar-refractivity contribution in [3.63, 3.8) is 0 Å². The van der Waals surface area contributed by atoms with Gasteiger partial charge in [-0.1, -0.05) is 17.7 Å². The molecule has 22 heavy (non-hydrogen) atoms. The third-order valence-corrected chi connectivity index (χ3v) is 5.79. The van der Waals surface area contributed by atoms with Crippen LogP contribution in [0.2, 0.25) is 0 Å². The number of allylic oxidation sites excluding steroid dienone is 2. The molecule has 2 unspecified atom stereocenters. The Kier molecular flexibility index (Phi) is 4.57. The standard InChI is InChI=1S/C20H23NP/c1-15(21(2)3)17-12-8-13-18(17)19-11-6-7-14-20(19)22-16-9-4-5-10-16/h4-15,17,22H,1-3H3/q-1/t15-,17?/m1/s1. The molecular formula is C20H23NP-. The second-order valence-corrected chi connectivity index (χ2v) is 7.45. The highest BCUT2D eigenvalue weighted by molar-refractivity contribution is 7.39. The molecule has 0 N–H and O–H groups in total. The van der Waals surface area contributed by atoms with Crippen molar-refractivity contribution in [1.82, 2.24) is 4.90 Å². The van der Waals surface area contributed by atoms with Crippen LogP contribution in [0.5, 0.6) is 0 Å². The van der Waals surface area contributed by atoms with Gasteiger partial charge in [0.15, 0.2) is 0 Å².